The van der Waals surface area contributed by atoms with Gasteiger partial charge in [-0.25, -0.2) is 4.39 Å². The highest BCUT2D eigenvalue weighted by Crippen LogP contribution is 2.33. The van der Waals surface area contributed by atoms with Crippen molar-refractivity contribution in [3.8, 4) is 11.5 Å². The largest absolute Gasteiger partial charge is 0.419 e. The Hall–Kier alpha value is -4.11. The highest BCUT2D eigenvalue weighted by molar-refractivity contribution is 5.52. The fourth-order valence-corrected chi connectivity index (χ4v) is 4.25. The molecule has 2 heterocycles. The number of nitro benzene ring substituents is 1. The Kier molecular flexibility index (Phi) is 6.01. The summed E-state index contributed by atoms with van der Waals surface area (Å²) in [7, 11) is 0. The maximum atomic E-state index is 14.9. The summed E-state index contributed by atoms with van der Waals surface area (Å²) in [6.45, 7) is 2.59. The van der Waals surface area contributed by atoms with E-state index in [1.807, 2.05) is 30.3 Å². The zero-order valence-corrected chi connectivity index (χ0v) is 18.3. The Labute approximate surface area is 195 Å². The van der Waals surface area contributed by atoms with Crippen molar-refractivity contribution in [1.82, 2.24) is 15.1 Å². The van der Waals surface area contributed by atoms with Crippen LogP contribution in [0.1, 0.15) is 17.5 Å². The van der Waals surface area contributed by atoms with Gasteiger partial charge in [-0.05, 0) is 30.3 Å². The van der Waals surface area contributed by atoms with Gasteiger partial charge in [0.1, 0.15) is 11.9 Å². The van der Waals surface area contributed by atoms with Gasteiger partial charge in [-0.2, -0.15) is 0 Å². The Morgan fingerprint density at radius 3 is 2.24 bits per heavy atom. The number of rotatable bonds is 6. The first-order valence-electron chi connectivity index (χ1n) is 11.0. The molecule has 0 unspecified atom stereocenters. The normalized spacial score (nSPS) is 15.3. The van der Waals surface area contributed by atoms with Crippen molar-refractivity contribution in [2.24, 2.45) is 0 Å². The third kappa shape index (κ3) is 4.38. The number of aromatic nitrogens is 2. The van der Waals surface area contributed by atoms with E-state index in [1.165, 1.54) is 18.2 Å². The molecule has 172 valence electrons. The predicted molar refractivity (Wildman–Crippen MR) is 125 cm³/mol. The number of piperazine rings is 1. The third-order valence-electron chi connectivity index (χ3n) is 6.00. The minimum absolute atomic E-state index is 0.0626. The number of anilines is 1. The van der Waals surface area contributed by atoms with Crippen molar-refractivity contribution in [3.63, 3.8) is 0 Å². The van der Waals surface area contributed by atoms with Crippen molar-refractivity contribution < 1.29 is 13.7 Å². The van der Waals surface area contributed by atoms with Gasteiger partial charge in [-0.15, -0.1) is 10.2 Å². The van der Waals surface area contributed by atoms with Gasteiger partial charge >= 0.3 is 0 Å². The monoisotopic (exact) mass is 459 g/mol. The lowest BCUT2D eigenvalue weighted by molar-refractivity contribution is -0.384. The quantitative estimate of drug-likeness (QED) is 0.305. The second-order valence-corrected chi connectivity index (χ2v) is 8.03. The van der Waals surface area contributed by atoms with Crippen LogP contribution in [0, 0.1) is 15.9 Å². The average Bonchev–Trinajstić information content (AvgIpc) is 3.36. The molecule has 1 fully saturated rings. The summed E-state index contributed by atoms with van der Waals surface area (Å²) in [6.07, 6.45) is 0. The van der Waals surface area contributed by atoms with Crippen LogP contribution in [0.25, 0.3) is 11.5 Å². The molecule has 0 spiro atoms. The van der Waals surface area contributed by atoms with E-state index in [4.69, 9.17) is 4.42 Å². The zero-order chi connectivity index (χ0) is 23.5. The maximum absolute atomic E-state index is 14.9. The molecule has 0 saturated carbocycles. The lowest BCUT2D eigenvalue weighted by Gasteiger charge is -2.39. The van der Waals surface area contributed by atoms with Crippen LogP contribution in [0.5, 0.6) is 0 Å². The van der Waals surface area contributed by atoms with E-state index in [9.17, 15) is 14.5 Å². The lowest BCUT2D eigenvalue weighted by Crippen LogP contribution is -2.48. The maximum Gasteiger partial charge on any atom is 0.269 e. The number of nitro groups is 1. The average molecular weight is 459 g/mol. The van der Waals surface area contributed by atoms with Crippen molar-refractivity contribution in [1.29, 1.82) is 0 Å². The van der Waals surface area contributed by atoms with Gasteiger partial charge in [0.2, 0.25) is 11.8 Å². The molecule has 1 aliphatic heterocycles. The predicted octanol–water partition coefficient (Wildman–Crippen LogP) is 4.70. The van der Waals surface area contributed by atoms with Crippen LogP contribution in [0.2, 0.25) is 0 Å². The van der Waals surface area contributed by atoms with Gasteiger partial charge in [-0.3, -0.25) is 15.0 Å². The van der Waals surface area contributed by atoms with E-state index < -0.39 is 11.0 Å². The highest BCUT2D eigenvalue weighted by atomic mass is 19.1. The molecule has 0 amide bonds. The molecular formula is C25H22FN5O3. The number of nitrogens with zero attached hydrogens (tertiary/aromatic N) is 5. The summed E-state index contributed by atoms with van der Waals surface area (Å²) in [5.74, 6) is 0.402. The molecule has 9 heteroatoms. The van der Waals surface area contributed by atoms with Crippen molar-refractivity contribution >= 4 is 11.4 Å². The van der Waals surface area contributed by atoms with E-state index in [-0.39, 0.29) is 11.5 Å². The summed E-state index contributed by atoms with van der Waals surface area (Å²) in [5, 5.41) is 19.4. The first kappa shape index (κ1) is 21.7. The van der Waals surface area contributed by atoms with Crippen LogP contribution in [-0.4, -0.2) is 46.2 Å². The molecular weight excluding hydrogens is 437 g/mol. The Morgan fingerprint density at radius 1 is 0.882 bits per heavy atom. The van der Waals surface area contributed by atoms with Crippen LogP contribution in [0.4, 0.5) is 15.8 Å². The second-order valence-electron chi connectivity index (χ2n) is 8.03. The second kappa shape index (κ2) is 9.40. The van der Waals surface area contributed by atoms with Gasteiger partial charge in [-0.1, -0.05) is 36.4 Å². The summed E-state index contributed by atoms with van der Waals surface area (Å²) < 4.78 is 20.9. The molecule has 5 rings (SSSR count). The van der Waals surface area contributed by atoms with Crippen LogP contribution in [-0.2, 0) is 0 Å². The molecule has 1 aliphatic rings. The SMILES string of the molecule is O=[N+]([O-])c1ccc(N2CCN([C@@H](c3nnc(-c4ccccc4)o3)c3ccccc3F)CC2)cc1. The van der Waals surface area contributed by atoms with E-state index in [0.29, 0.717) is 43.5 Å². The van der Waals surface area contributed by atoms with Crippen LogP contribution in [0.15, 0.2) is 83.3 Å². The third-order valence-corrected chi connectivity index (χ3v) is 6.00. The van der Waals surface area contributed by atoms with E-state index in [1.54, 1.807) is 30.3 Å². The number of hydrogen-bond donors (Lipinski definition) is 0. The van der Waals surface area contributed by atoms with Crippen LogP contribution < -0.4 is 4.90 Å². The fourth-order valence-electron chi connectivity index (χ4n) is 4.25. The van der Waals surface area contributed by atoms with Gasteiger partial charge in [0, 0.05) is 55.1 Å². The van der Waals surface area contributed by atoms with Gasteiger partial charge in [0.15, 0.2) is 0 Å². The topological polar surface area (TPSA) is 88.5 Å². The molecule has 0 N–H and O–H groups in total. The molecule has 1 aromatic heterocycles. The minimum atomic E-state index is -0.523. The molecule has 1 saturated heterocycles. The van der Waals surface area contributed by atoms with E-state index in [0.717, 1.165) is 11.3 Å². The summed E-state index contributed by atoms with van der Waals surface area (Å²) >= 11 is 0. The van der Waals surface area contributed by atoms with Crippen molar-refractivity contribution in [2.75, 3.05) is 31.1 Å². The zero-order valence-electron chi connectivity index (χ0n) is 18.3. The molecule has 4 aromatic rings. The molecule has 0 radical (unpaired) electrons. The highest BCUT2D eigenvalue weighted by Gasteiger charge is 2.32. The fraction of sp³-hybridized carbons (Fsp3) is 0.200. The molecule has 0 bridgehead atoms. The summed E-state index contributed by atoms with van der Waals surface area (Å²) in [4.78, 5) is 14.8. The number of non-ortho nitro benzene ring substituents is 1. The van der Waals surface area contributed by atoms with Crippen LogP contribution >= 0.6 is 0 Å². The van der Waals surface area contributed by atoms with E-state index in [2.05, 4.69) is 20.0 Å². The smallest absolute Gasteiger partial charge is 0.269 e. The first-order chi connectivity index (χ1) is 16.6. The number of benzene rings is 3. The summed E-state index contributed by atoms with van der Waals surface area (Å²) in [6, 6.07) is 22.1. The Bertz CT molecular complexity index is 1270. The standard InChI is InChI=1S/C25H22FN5O3/c26-22-9-5-4-8-21(22)23(25-28-27-24(34-25)18-6-2-1-3-7-18)30-16-14-29(15-17-30)19-10-12-20(13-11-19)31(32)33/h1-13,23H,14-17H2/t23-/m1/s1. The number of hydrogen-bond acceptors (Lipinski definition) is 7. The van der Waals surface area contributed by atoms with Crippen LogP contribution in [0.3, 0.4) is 0 Å². The van der Waals surface area contributed by atoms with Gasteiger partial charge in [0.25, 0.3) is 5.69 Å². The molecule has 34 heavy (non-hydrogen) atoms. The summed E-state index contributed by atoms with van der Waals surface area (Å²) in [5.41, 5.74) is 2.26. The van der Waals surface area contributed by atoms with Gasteiger partial charge in [0.05, 0.1) is 4.92 Å². The lowest BCUT2D eigenvalue weighted by atomic mass is 10.0. The van der Waals surface area contributed by atoms with Gasteiger partial charge < -0.3 is 9.32 Å². The van der Waals surface area contributed by atoms with Crippen molar-refractivity contribution in [3.05, 3.63) is 106 Å². The van der Waals surface area contributed by atoms with E-state index >= 15 is 0 Å². The minimum Gasteiger partial charge on any atom is -0.419 e. The molecule has 3 aromatic carbocycles. The molecule has 1 atom stereocenters. The first-order valence-corrected chi connectivity index (χ1v) is 11.0. The number of halogens is 1. The molecule has 0 aliphatic carbocycles. The molecule has 8 nitrogen and oxygen atoms in total. The Balaban J connectivity index is 1.39. The Morgan fingerprint density at radius 2 is 1.56 bits per heavy atom. The van der Waals surface area contributed by atoms with Crippen molar-refractivity contribution in [2.45, 2.75) is 6.04 Å².